The monoisotopic (exact) mass is 268 g/mol. The van der Waals surface area contributed by atoms with E-state index in [9.17, 15) is 4.79 Å². The van der Waals surface area contributed by atoms with Crippen LogP contribution in [0, 0.1) is 0 Å². The molecule has 0 N–H and O–H groups in total. The van der Waals surface area contributed by atoms with Gasteiger partial charge in [-0.15, -0.1) is 0 Å². The second kappa shape index (κ2) is 8.31. The standard InChI is InChI=1S/C13H20N2O4/c1-4-15(3)13(19-10-9-17-5-2)14-12(16)11-7-6-8-18-11/h6-8H,4-5,9-10H2,1-3H3. The summed E-state index contributed by atoms with van der Waals surface area (Å²) in [6.07, 6.45) is 1.43. The summed E-state index contributed by atoms with van der Waals surface area (Å²) < 4.78 is 15.6. The van der Waals surface area contributed by atoms with Crippen molar-refractivity contribution in [1.82, 2.24) is 4.90 Å². The fourth-order valence-corrected chi connectivity index (χ4v) is 1.24. The molecule has 1 amide bonds. The van der Waals surface area contributed by atoms with Crippen LogP contribution in [0.15, 0.2) is 27.8 Å². The Kier molecular flexibility index (Phi) is 6.67. The van der Waals surface area contributed by atoms with Crippen molar-refractivity contribution in [3.63, 3.8) is 0 Å². The van der Waals surface area contributed by atoms with Gasteiger partial charge in [0.25, 0.3) is 6.02 Å². The van der Waals surface area contributed by atoms with E-state index < -0.39 is 5.91 Å². The topological polar surface area (TPSA) is 64.3 Å². The first-order chi connectivity index (χ1) is 9.19. The third kappa shape index (κ3) is 5.13. The van der Waals surface area contributed by atoms with E-state index in [-0.39, 0.29) is 11.8 Å². The highest BCUT2D eigenvalue weighted by atomic mass is 16.5. The Hall–Kier alpha value is -1.82. The van der Waals surface area contributed by atoms with Crippen LogP contribution < -0.4 is 0 Å². The Morgan fingerprint density at radius 1 is 1.42 bits per heavy atom. The number of ether oxygens (including phenoxy) is 2. The lowest BCUT2D eigenvalue weighted by Gasteiger charge is -2.18. The van der Waals surface area contributed by atoms with Gasteiger partial charge in [0.2, 0.25) is 0 Å². The first kappa shape index (κ1) is 15.2. The van der Waals surface area contributed by atoms with E-state index in [2.05, 4.69) is 4.99 Å². The molecule has 1 heterocycles. The van der Waals surface area contributed by atoms with Gasteiger partial charge in [-0.2, -0.15) is 4.99 Å². The van der Waals surface area contributed by atoms with Crippen LogP contribution in [0.25, 0.3) is 0 Å². The number of hydrogen-bond donors (Lipinski definition) is 0. The Morgan fingerprint density at radius 2 is 2.21 bits per heavy atom. The average molecular weight is 268 g/mol. The second-order valence-corrected chi connectivity index (χ2v) is 3.74. The highest BCUT2D eigenvalue weighted by Crippen LogP contribution is 2.03. The van der Waals surface area contributed by atoms with Crippen molar-refractivity contribution in [2.45, 2.75) is 13.8 Å². The number of aliphatic imine (C=N–C) groups is 1. The summed E-state index contributed by atoms with van der Waals surface area (Å²) in [4.78, 5) is 17.5. The molecule has 0 aliphatic rings. The third-order valence-corrected chi connectivity index (χ3v) is 2.39. The van der Waals surface area contributed by atoms with Crippen LogP contribution in [0.4, 0.5) is 0 Å². The van der Waals surface area contributed by atoms with Crippen molar-refractivity contribution in [2.75, 3.05) is 33.4 Å². The number of amidine groups is 1. The summed E-state index contributed by atoms with van der Waals surface area (Å²) in [5.41, 5.74) is 0. The Labute approximate surface area is 113 Å². The zero-order valence-corrected chi connectivity index (χ0v) is 11.6. The van der Waals surface area contributed by atoms with Gasteiger partial charge >= 0.3 is 5.91 Å². The summed E-state index contributed by atoms with van der Waals surface area (Å²) in [6.45, 7) is 5.97. The molecular weight excluding hydrogens is 248 g/mol. The van der Waals surface area contributed by atoms with Crippen molar-refractivity contribution in [1.29, 1.82) is 0 Å². The highest BCUT2D eigenvalue weighted by Gasteiger charge is 2.13. The maximum atomic E-state index is 11.8. The van der Waals surface area contributed by atoms with Gasteiger partial charge in [-0.25, -0.2) is 0 Å². The van der Waals surface area contributed by atoms with Gasteiger partial charge < -0.3 is 18.8 Å². The summed E-state index contributed by atoms with van der Waals surface area (Å²) >= 11 is 0. The van der Waals surface area contributed by atoms with Gasteiger partial charge in [0.05, 0.1) is 12.9 Å². The summed E-state index contributed by atoms with van der Waals surface area (Å²) in [6, 6.07) is 3.47. The summed E-state index contributed by atoms with van der Waals surface area (Å²) in [5, 5.41) is 0. The van der Waals surface area contributed by atoms with Gasteiger partial charge in [-0.1, -0.05) is 0 Å². The molecule has 0 spiro atoms. The van der Waals surface area contributed by atoms with E-state index in [0.717, 1.165) is 0 Å². The highest BCUT2D eigenvalue weighted by molar-refractivity contribution is 5.99. The molecule has 0 aliphatic heterocycles. The van der Waals surface area contributed by atoms with Crippen LogP contribution in [0.1, 0.15) is 24.4 Å². The molecule has 0 bridgehead atoms. The van der Waals surface area contributed by atoms with Crippen molar-refractivity contribution < 1.29 is 18.7 Å². The van der Waals surface area contributed by atoms with Gasteiger partial charge in [0, 0.05) is 20.2 Å². The van der Waals surface area contributed by atoms with Crippen LogP contribution in [-0.4, -0.2) is 50.2 Å². The van der Waals surface area contributed by atoms with Crippen LogP contribution in [0.2, 0.25) is 0 Å². The second-order valence-electron chi connectivity index (χ2n) is 3.74. The zero-order valence-electron chi connectivity index (χ0n) is 11.6. The first-order valence-corrected chi connectivity index (χ1v) is 6.27. The molecule has 0 unspecified atom stereocenters. The number of nitrogens with zero attached hydrogens (tertiary/aromatic N) is 2. The molecule has 0 atom stereocenters. The van der Waals surface area contributed by atoms with E-state index in [1.54, 1.807) is 24.1 Å². The predicted octanol–water partition coefficient (Wildman–Crippen LogP) is 1.78. The van der Waals surface area contributed by atoms with Gasteiger partial charge in [0.1, 0.15) is 6.61 Å². The van der Waals surface area contributed by atoms with Crippen LogP contribution >= 0.6 is 0 Å². The molecule has 19 heavy (non-hydrogen) atoms. The van der Waals surface area contributed by atoms with Gasteiger partial charge in [0.15, 0.2) is 5.76 Å². The number of furan rings is 1. The normalized spacial score (nSPS) is 11.4. The Bertz CT molecular complexity index is 401. The van der Waals surface area contributed by atoms with Crippen LogP contribution in [0.5, 0.6) is 0 Å². The number of amides is 1. The van der Waals surface area contributed by atoms with Crippen LogP contribution in [0.3, 0.4) is 0 Å². The minimum absolute atomic E-state index is 0.190. The molecule has 6 heteroatoms. The quantitative estimate of drug-likeness (QED) is 0.447. The average Bonchev–Trinajstić information content (AvgIpc) is 2.95. The molecular formula is C13H20N2O4. The zero-order chi connectivity index (χ0) is 14.1. The van der Waals surface area contributed by atoms with E-state index in [1.165, 1.54) is 6.26 Å². The lowest BCUT2D eigenvalue weighted by molar-refractivity contribution is 0.0919. The van der Waals surface area contributed by atoms with Crippen molar-refractivity contribution >= 4 is 11.9 Å². The lowest BCUT2D eigenvalue weighted by atomic mass is 10.4. The molecule has 0 aliphatic carbocycles. The SMILES string of the molecule is CCOCCOC(=NC(=O)c1ccco1)N(C)CC. The Balaban J connectivity index is 2.64. The molecule has 1 aromatic rings. The number of hydrogen-bond acceptors (Lipinski definition) is 4. The Morgan fingerprint density at radius 3 is 2.79 bits per heavy atom. The maximum absolute atomic E-state index is 11.8. The van der Waals surface area contributed by atoms with Crippen LogP contribution in [-0.2, 0) is 9.47 Å². The molecule has 0 saturated carbocycles. The summed E-state index contributed by atoms with van der Waals surface area (Å²) in [5.74, 6) is -0.271. The molecule has 1 rings (SSSR count). The number of carbonyl (C=O) groups is 1. The number of carbonyl (C=O) groups excluding carboxylic acids is 1. The lowest BCUT2D eigenvalue weighted by Crippen LogP contribution is -2.30. The molecule has 106 valence electrons. The van der Waals surface area contributed by atoms with E-state index in [4.69, 9.17) is 13.9 Å². The number of rotatable bonds is 6. The van der Waals surface area contributed by atoms with Crippen molar-refractivity contribution in [3.05, 3.63) is 24.2 Å². The van der Waals surface area contributed by atoms with Gasteiger partial charge in [-0.05, 0) is 26.0 Å². The molecule has 1 aromatic heterocycles. The van der Waals surface area contributed by atoms with E-state index in [0.29, 0.717) is 26.4 Å². The molecule has 0 aromatic carbocycles. The maximum Gasteiger partial charge on any atom is 0.317 e. The molecule has 0 fully saturated rings. The van der Waals surface area contributed by atoms with E-state index >= 15 is 0 Å². The van der Waals surface area contributed by atoms with Gasteiger partial charge in [-0.3, -0.25) is 4.79 Å². The smallest absolute Gasteiger partial charge is 0.317 e. The minimum Gasteiger partial charge on any atom is -0.462 e. The third-order valence-electron chi connectivity index (χ3n) is 2.39. The predicted molar refractivity (Wildman–Crippen MR) is 71.2 cm³/mol. The minimum atomic E-state index is -0.461. The van der Waals surface area contributed by atoms with E-state index in [1.807, 2.05) is 13.8 Å². The van der Waals surface area contributed by atoms with Crippen molar-refractivity contribution in [3.8, 4) is 0 Å². The summed E-state index contributed by atoms with van der Waals surface area (Å²) in [7, 11) is 1.80. The molecule has 0 radical (unpaired) electrons. The molecule has 0 saturated heterocycles. The fourth-order valence-electron chi connectivity index (χ4n) is 1.24. The molecule has 6 nitrogen and oxygen atoms in total. The van der Waals surface area contributed by atoms with Crippen molar-refractivity contribution in [2.24, 2.45) is 4.99 Å². The first-order valence-electron chi connectivity index (χ1n) is 6.27. The fraction of sp³-hybridized carbons (Fsp3) is 0.538. The largest absolute Gasteiger partial charge is 0.462 e.